The number of hydrogen-bond acceptors (Lipinski definition) is 10. The molecule has 0 aliphatic heterocycles. The summed E-state index contributed by atoms with van der Waals surface area (Å²) in [6, 6.07) is 12.9. The van der Waals surface area contributed by atoms with Crippen molar-refractivity contribution in [1.82, 2.24) is 20.0 Å². The molecular weight excluding hydrogens is 570 g/mol. The van der Waals surface area contributed by atoms with Crippen molar-refractivity contribution in [2.45, 2.75) is 23.3 Å². The van der Waals surface area contributed by atoms with E-state index in [1.165, 1.54) is 46.2 Å². The molecule has 39 heavy (non-hydrogen) atoms. The molecule has 0 saturated heterocycles. The van der Waals surface area contributed by atoms with E-state index in [1.54, 1.807) is 31.2 Å². The van der Waals surface area contributed by atoms with Crippen LogP contribution in [0.15, 0.2) is 64.4 Å². The number of tetrazole rings is 1. The SMILES string of the molecule is COc1ccc2nc(-[n+]3nc(-c4cc(C)cc(S(=O)(=O)O)c4)nn3-c3cc(S(=O)(=O)O)ccc3CO)sc2c1. The van der Waals surface area contributed by atoms with Gasteiger partial charge in [0.15, 0.2) is 5.52 Å². The highest BCUT2D eigenvalue weighted by Gasteiger charge is 2.28. The number of aryl methyl sites for hydroxylation is 1. The lowest BCUT2D eigenvalue weighted by molar-refractivity contribution is -0.734. The molecule has 0 saturated carbocycles. The summed E-state index contributed by atoms with van der Waals surface area (Å²) in [5.74, 6) is 0.604. The van der Waals surface area contributed by atoms with Gasteiger partial charge in [0.25, 0.3) is 26.1 Å². The number of hydrogen-bond donors (Lipinski definition) is 3. The van der Waals surface area contributed by atoms with E-state index in [4.69, 9.17) is 4.74 Å². The summed E-state index contributed by atoms with van der Waals surface area (Å²) in [6.45, 7) is 1.12. The molecule has 3 N–H and O–H groups in total. The van der Waals surface area contributed by atoms with Gasteiger partial charge in [-0.15, -0.1) is 0 Å². The van der Waals surface area contributed by atoms with Crippen LogP contribution in [-0.2, 0) is 26.8 Å². The number of aliphatic hydroxyl groups excluding tert-OH is 1. The lowest BCUT2D eigenvalue weighted by atomic mass is 10.1. The Bertz CT molecular complexity index is 1970. The first-order chi connectivity index (χ1) is 18.4. The first-order valence-corrected chi connectivity index (χ1v) is 14.7. The molecule has 0 bridgehead atoms. The zero-order chi connectivity index (χ0) is 28.1. The fourth-order valence-corrected chi connectivity index (χ4v) is 5.88. The van der Waals surface area contributed by atoms with Gasteiger partial charge in [-0.05, 0) is 69.6 Å². The van der Waals surface area contributed by atoms with Crippen molar-refractivity contribution < 1.29 is 40.6 Å². The van der Waals surface area contributed by atoms with Crippen molar-refractivity contribution in [3.05, 3.63) is 65.7 Å². The largest absolute Gasteiger partial charge is 0.497 e. The van der Waals surface area contributed by atoms with Gasteiger partial charge in [-0.3, -0.25) is 9.11 Å². The summed E-state index contributed by atoms with van der Waals surface area (Å²) in [4.78, 5) is 6.21. The third-order valence-corrected chi connectivity index (χ3v) is 8.33. The van der Waals surface area contributed by atoms with E-state index < -0.39 is 31.7 Å². The molecule has 13 nitrogen and oxygen atoms in total. The molecule has 0 fully saturated rings. The van der Waals surface area contributed by atoms with Crippen LogP contribution in [0.4, 0.5) is 0 Å². The average Bonchev–Trinajstić information content (AvgIpc) is 3.51. The molecule has 0 amide bonds. The van der Waals surface area contributed by atoms with Gasteiger partial charge in [0, 0.05) is 22.3 Å². The van der Waals surface area contributed by atoms with Gasteiger partial charge in [0.1, 0.15) is 11.4 Å². The number of benzene rings is 3. The van der Waals surface area contributed by atoms with Crippen molar-refractivity contribution in [2.24, 2.45) is 0 Å². The monoisotopic (exact) mass is 590 g/mol. The minimum Gasteiger partial charge on any atom is -0.497 e. The second-order valence-electron chi connectivity index (χ2n) is 8.37. The number of nitrogens with zero attached hydrogens (tertiary/aromatic N) is 5. The number of thiazole rings is 1. The Hall–Kier alpha value is -3.80. The maximum atomic E-state index is 11.9. The fourth-order valence-electron chi connectivity index (χ4n) is 3.83. The Balaban J connectivity index is 1.80. The number of methoxy groups -OCH3 is 1. The Morgan fingerprint density at radius 1 is 0.974 bits per heavy atom. The van der Waals surface area contributed by atoms with E-state index in [0.717, 1.165) is 16.8 Å². The molecule has 2 heterocycles. The Morgan fingerprint density at radius 3 is 2.38 bits per heavy atom. The highest BCUT2D eigenvalue weighted by Crippen LogP contribution is 2.28. The zero-order valence-electron chi connectivity index (χ0n) is 20.2. The van der Waals surface area contributed by atoms with Crippen LogP contribution in [0, 0.1) is 6.92 Å². The highest BCUT2D eigenvalue weighted by atomic mass is 32.2. The standard InChI is InChI=1S/C23H19N5O8S3/c1-13-7-15(9-18(8-13)39(33,34)35)22-25-27(20-11-17(38(30,31)32)5-3-14(20)12-29)28(26-22)23-24-19-6-4-16(36-2)10-21(19)37-23/h3-11,29H,12H2,1-2H3,(H-,30,31,32,33,34,35)/p+1. The molecule has 0 aliphatic carbocycles. The van der Waals surface area contributed by atoms with Crippen LogP contribution in [0.5, 0.6) is 5.75 Å². The third-order valence-electron chi connectivity index (χ3n) is 5.66. The Morgan fingerprint density at radius 2 is 1.72 bits per heavy atom. The smallest absolute Gasteiger partial charge is 0.365 e. The maximum absolute atomic E-state index is 11.9. The van der Waals surface area contributed by atoms with Crippen LogP contribution in [0.25, 0.3) is 32.4 Å². The van der Waals surface area contributed by atoms with Crippen LogP contribution in [0.3, 0.4) is 0 Å². The molecule has 0 aliphatic rings. The van der Waals surface area contributed by atoms with Crippen molar-refractivity contribution >= 4 is 41.8 Å². The lowest BCUT2D eigenvalue weighted by Gasteiger charge is -2.07. The van der Waals surface area contributed by atoms with E-state index in [9.17, 15) is 31.0 Å². The molecule has 202 valence electrons. The second-order valence-corrected chi connectivity index (χ2v) is 12.2. The summed E-state index contributed by atoms with van der Waals surface area (Å²) in [7, 11) is -7.62. The summed E-state index contributed by atoms with van der Waals surface area (Å²) in [5, 5.41) is 19.3. The summed E-state index contributed by atoms with van der Waals surface area (Å²) >= 11 is 1.21. The van der Waals surface area contributed by atoms with E-state index in [2.05, 4.69) is 15.2 Å². The normalized spacial score (nSPS) is 12.2. The molecule has 0 atom stereocenters. The van der Waals surface area contributed by atoms with Gasteiger partial charge in [-0.25, -0.2) is 0 Å². The van der Waals surface area contributed by atoms with Crippen LogP contribution in [0.2, 0.25) is 0 Å². The predicted molar refractivity (Wildman–Crippen MR) is 138 cm³/mol. The van der Waals surface area contributed by atoms with Gasteiger partial charge in [-0.1, -0.05) is 22.4 Å². The summed E-state index contributed by atoms with van der Waals surface area (Å²) in [6.07, 6.45) is 0. The third kappa shape index (κ3) is 5.25. The van der Waals surface area contributed by atoms with Crippen molar-refractivity contribution in [3.63, 3.8) is 0 Å². The quantitative estimate of drug-likeness (QED) is 0.186. The molecule has 0 unspecified atom stereocenters. The number of aromatic nitrogens is 5. The molecule has 2 aromatic heterocycles. The molecular formula is C23H20N5O8S3+. The van der Waals surface area contributed by atoms with Crippen molar-refractivity contribution in [3.8, 4) is 28.0 Å². The summed E-state index contributed by atoms with van der Waals surface area (Å²) < 4.78 is 72.7. The zero-order valence-corrected chi connectivity index (χ0v) is 22.7. The fraction of sp³-hybridized carbons (Fsp3) is 0.130. The van der Waals surface area contributed by atoms with E-state index >= 15 is 0 Å². The van der Waals surface area contributed by atoms with Crippen LogP contribution >= 0.6 is 11.3 Å². The first kappa shape index (κ1) is 26.8. The van der Waals surface area contributed by atoms with Crippen molar-refractivity contribution in [1.29, 1.82) is 0 Å². The second kappa shape index (κ2) is 9.74. The van der Waals surface area contributed by atoms with E-state index in [1.807, 2.05) is 0 Å². The average molecular weight is 591 g/mol. The molecule has 3 aromatic carbocycles. The van der Waals surface area contributed by atoms with Gasteiger partial charge in [0.05, 0.1) is 28.2 Å². The van der Waals surface area contributed by atoms with Crippen LogP contribution in [-0.4, -0.2) is 58.1 Å². The molecule has 0 radical (unpaired) electrons. The van der Waals surface area contributed by atoms with Crippen LogP contribution in [0.1, 0.15) is 11.1 Å². The number of rotatable bonds is 7. The minimum atomic E-state index is -4.61. The van der Waals surface area contributed by atoms with Crippen LogP contribution < -0.4 is 9.53 Å². The molecule has 5 rings (SSSR count). The number of aliphatic hydroxyl groups is 1. The Labute approximate surface area is 226 Å². The van der Waals surface area contributed by atoms with E-state index in [0.29, 0.717) is 22.0 Å². The maximum Gasteiger partial charge on any atom is 0.365 e. The summed E-state index contributed by atoms with van der Waals surface area (Å²) in [5.41, 5.74) is 1.65. The molecule has 16 heteroatoms. The molecule has 0 spiro atoms. The van der Waals surface area contributed by atoms with Crippen molar-refractivity contribution in [2.75, 3.05) is 7.11 Å². The number of fused-ring (bicyclic) bond motifs is 1. The van der Waals surface area contributed by atoms with Gasteiger partial charge < -0.3 is 9.84 Å². The van der Waals surface area contributed by atoms with Gasteiger partial charge in [-0.2, -0.15) is 16.8 Å². The minimum absolute atomic E-state index is 0.00147. The van der Waals surface area contributed by atoms with Gasteiger partial charge >= 0.3 is 5.13 Å². The highest BCUT2D eigenvalue weighted by molar-refractivity contribution is 7.86. The predicted octanol–water partition coefficient (Wildman–Crippen LogP) is 2.12. The number of ether oxygens (including phenoxy) is 1. The van der Waals surface area contributed by atoms with E-state index in [-0.39, 0.29) is 27.5 Å². The topological polar surface area (TPSA) is 186 Å². The lowest BCUT2D eigenvalue weighted by Crippen LogP contribution is -2.43. The van der Waals surface area contributed by atoms with Gasteiger partial charge in [0.2, 0.25) is 0 Å². The Kier molecular flexibility index (Phi) is 6.69. The first-order valence-electron chi connectivity index (χ1n) is 11.0. The molecule has 5 aromatic rings.